The fourth-order valence-electron chi connectivity index (χ4n) is 1.89. The molecule has 1 rings (SSSR count). The topological polar surface area (TPSA) is 29.5 Å². The quantitative estimate of drug-likeness (QED) is 0.655. The third kappa shape index (κ3) is 5.22. The van der Waals surface area contributed by atoms with E-state index in [1.807, 2.05) is 6.08 Å². The van der Waals surface area contributed by atoms with Gasteiger partial charge in [-0.25, -0.2) is 0 Å². The fraction of sp³-hybridized carbons (Fsp3) is 0.846. The van der Waals surface area contributed by atoms with Crippen molar-refractivity contribution in [3.8, 4) is 0 Å². The number of aliphatic hydroxyl groups is 1. The largest absolute Gasteiger partial charge is 0.496 e. The van der Waals surface area contributed by atoms with Crippen molar-refractivity contribution in [3.05, 3.63) is 11.8 Å². The smallest absolute Gasteiger partial charge is 0.120 e. The van der Waals surface area contributed by atoms with Gasteiger partial charge in [-0.3, -0.25) is 0 Å². The number of ether oxygens (including phenoxy) is 1. The van der Waals surface area contributed by atoms with Crippen molar-refractivity contribution in [2.75, 3.05) is 6.61 Å². The molecule has 0 fully saturated rings. The van der Waals surface area contributed by atoms with E-state index in [1.165, 1.54) is 25.7 Å². The van der Waals surface area contributed by atoms with Gasteiger partial charge in [0.25, 0.3) is 0 Å². The van der Waals surface area contributed by atoms with Crippen LogP contribution < -0.4 is 0 Å². The summed E-state index contributed by atoms with van der Waals surface area (Å²) >= 11 is 0. The van der Waals surface area contributed by atoms with Crippen LogP contribution in [0.15, 0.2) is 11.8 Å². The molecule has 1 heterocycles. The van der Waals surface area contributed by atoms with Gasteiger partial charge < -0.3 is 9.84 Å². The molecule has 0 spiro atoms. The second kappa shape index (κ2) is 7.75. The standard InChI is InChI=1S/C13H24O2/c1-2-3-4-5-6-9-12(14)13-10-7-8-11-15-13/h10,12,14H,2-9,11H2,1H3. The predicted molar refractivity (Wildman–Crippen MR) is 62.7 cm³/mol. The van der Waals surface area contributed by atoms with E-state index in [9.17, 15) is 5.11 Å². The molecule has 0 saturated heterocycles. The van der Waals surface area contributed by atoms with E-state index in [0.29, 0.717) is 0 Å². The van der Waals surface area contributed by atoms with Gasteiger partial charge in [0.15, 0.2) is 0 Å². The monoisotopic (exact) mass is 212 g/mol. The van der Waals surface area contributed by atoms with Crippen LogP contribution in [-0.4, -0.2) is 17.8 Å². The fourth-order valence-corrected chi connectivity index (χ4v) is 1.89. The first-order valence-corrected chi connectivity index (χ1v) is 6.35. The molecule has 1 aliphatic rings. The molecule has 0 radical (unpaired) electrons. The summed E-state index contributed by atoms with van der Waals surface area (Å²) < 4.78 is 5.43. The summed E-state index contributed by atoms with van der Waals surface area (Å²) in [6, 6.07) is 0. The lowest BCUT2D eigenvalue weighted by Gasteiger charge is -2.19. The minimum Gasteiger partial charge on any atom is -0.496 e. The number of unbranched alkanes of at least 4 members (excludes halogenated alkanes) is 4. The van der Waals surface area contributed by atoms with Crippen molar-refractivity contribution in [2.24, 2.45) is 0 Å². The van der Waals surface area contributed by atoms with Crippen LogP contribution in [0.5, 0.6) is 0 Å². The van der Waals surface area contributed by atoms with Gasteiger partial charge in [-0.05, 0) is 25.3 Å². The molecule has 0 aromatic rings. The van der Waals surface area contributed by atoms with E-state index in [2.05, 4.69) is 6.92 Å². The molecule has 1 N–H and O–H groups in total. The molecule has 0 saturated carbocycles. The van der Waals surface area contributed by atoms with Gasteiger partial charge in [0.05, 0.1) is 6.61 Å². The average Bonchev–Trinajstić information content (AvgIpc) is 2.30. The second-order valence-corrected chi connectivity index (χ2v) is 4.32. The van der Waals surface area contributed by atoms with Gasteiger partial charge in [0.1, 0.15) is 11.9 Å². The zero-order valence-electron chi connectivity index (χ0n) is 9.87. The highest BCUT2D eigenvalue weighted by Gasteiger charge is 2.13. The van der Waals surface area contributed by atoms with Crippen LogP contribution in [0.3, 0.4) is 0 Å². The summed E-state index contributed by atoms with van der Waals surface area (Å²) in [5, 5.41) is 9.84. The van der Waals surface area contributed by atoms with Crippen molar-refractivity contribution in [3.63, 3.8) is 0 Å². The molecular formula is C13H24O2. The Kier molecular flexibility index (Phi) is 6.49. The molecule has 15 heavy (non-hydrogen) atoms. The summed E-state index contributed by atoms with van der Waals surface area (Å²) in [7, 11) is 0. The third-order valence-corrected chi connectivity index (χ3v) is 2.87. The van der Waals surface area contributed by atoms with Gasteiger partial charge in [-0.2, -0.15) is 0 Å². The van der Waals surface area contributed by atoms with Gasteiger partial charge in [-0.1, -0.05) is 39.0 Å². The van der Waals surface area contributed by atoms with Gasteiger partial charge in [0, 0.05) is 0 Å². The van der Waals surface area contributed by atoms with Crippen molar-refractivity contribution in [1.82, 2.24) is 0 Å². The number of hydrogen-bond acceptors (Lipinski definition) is 2. The minimum atomic E-state index is -0.355. The summed E-state index contributed by atoms with van der Waals surface area (Å²) in [6.07, 6.45) is 10.9. The first-order chi connectivity index (χ1) is 7.34. The van der Waals surface area contributed by atoms with E-state index in [4.69, 9.17) is 4.74 Å². The van der Waals surface area contributed by atoms with Crippen LogP contribution in [0.2, 0.25) is 0 Å². The summed E-state index contributed by atoms with van der Waals surface area (Å²) in [4.78, 5) is 0. The van der Waals surface area contributed by atoms with Gasteiger partial charge in [-0.15, -0.1) is 0 Å². The highest BCUT2D eigenvalue weighted by Crippen LogP contribution is 2.18. The zero-order chi connectivity index (χ0) is 10.9. The Balaban J connectivity index is 2.07. The third-order valence-electron chi connectivity index (χ3n) is 2.87. The van der Waals surface area contributed by atoms with Crippen LogP contribution in [0, 0.1) is 0 Å². The number of rotatable bonds is 7. The molecule has 2 nitrogen and oxygen atoms in total. The number of aliphatic hydroxyl groups excluding tert-OH is 1. The molecule has 1 unspecified atom stereocenters. The molecule has 1 aliphatic heterocycles. The highest BCUT2D eigenvalue weighted by atomic mass is 16.5. The maximum atomic E-state index is 9.84. The maximum Gasteiger partial charge on any atom is 0.120 e. The predicted octanol–water partition coefficient (Wildman–Crippen LogP) is 3.40. The molecule has 0 aliphatic carbocycles. The van der Waals surface area contributed by atoms with Crippen LogP contribution in [0.25, 0.3) is 0 Å². The minimum absolute atomic E-state index is 0.355. The lowest BCUT2D eigenvalue weighted by Crippen LogP contribution is -2.16. The van der Waals surface area contributed by atoms with Crippen LogP contribution >= 0.6 is 0 Å². The first-order valence-electron chi connectivity index (χ1n) is 6.35. The van der Waals surface area contributed by atoms with Gasteiger partial charge >= 0.3 is 0 Å². The number of allylic oxidation sites excluding steroid dienone is 1. The van der Waals surface area contributed by atoms with E-state index in [-0.39, 0.29) is 6.10 Å². The molecule has 0 aromatic carbocycles. The normalized spacial score (nSPS) is 18.1. The average molecular weight is 212 g/mol. The Morgan fingerprint density at radius 3 is 2.80 bits per heavy atom. The highest BCUT2D eigenvalue weighted by molar-refractivity contribution is 5.01. The van der Waals surface area contributed by atoms with Crippen molar-refractivity contribution >= 4 is 0 Å². The molecular weight excluding hydrogens is 188 g/mol. The summed E-state index contributed by atoms with van der Waals surface area (Å²) in [5.74, 6) is 0.816. The Morgan fingerprint density at radius 1 is 1.33 bits per heavy atom. The molecule has 0 amide bonds. The Hall–Kier alpha value is -0.500. The Bertz CT molecular complexity index is 187. The van der Waals surface area contributed by atoms with Crippen LogP contribution in [0.1, 0.15) is 58.3 Å². The molecule has 0 bridgehead atoms. The Labute approximate surface area is 93.3 Å². The lowest BCUT2D eigenvalue weighted by molar-refractivity contribution is 0.0850. The van der Waals surface area contributed by atoms with E-state index in [0.717, 1.165) is 38.0 Å². The summed E-state index contributed by atoms with van der Waals surface area (Å²) in [6.45, 7) is 2.99. The van der Waals surface area contributed by atoms with Crippen LogP contribution in [-0.2, 0) is 4.74 Å². The number of hydrogen-bond donors (Lipinski definition) is 1. The van der Waals surface area contributed by atoms with E-state index >= 15 is 0 Å². The van der Waals surface area contributed by atoms with Gasteiger partial charge in [0.2, 0.25) is 0 Å². The Morgan fingerprint density at radius 2 is 2.13 bits per heavy atom. The second-order valence-electron chi connectivity index (χ2n) is 4.32. The summed E-state index contributed by atoms with van der Waals surface area (Å²) in [5.41, 5.74) is 0. The van der Waals surface area contributed by atoms with Crippen molar-refractivity contribution < 1.29 is 9.84 Å². The van der Waals surface area contributed by atoms with E-state index in [1.54, 1.807) is 0 Å². The van der Waals surface area contributed by atoms with Crippen molar-refractivity contribution in [2.45, 2.75) is 64.4 Å². The SMILES string of the molecule is CCCCCCCC(O)C1=CCCCO1. The van der Waals surface area contributed by atoms with E-state index < -0.39 is 0 Å². The lowest BCUT2D eigenvalue weighted by atomic mass is 10.1. The molecule has 2 heteroatoms. The molecule has 88 valence electrons. The molecule has 0 aromatic heterocycles. The maximum absolute atomic E-state index is 9.84. The molecule has 1 atom stereocenters. The van der Waals surface area contributed by atoms with Crippen molar-refractivity contribution in [1.29, 1.82) is 0 Å². The first kappa shape index (κ1) is 12.6. The zero-order valence-corrected chi connectivity index (χ0v) is 9.87. The van der Waals surface area contributed by atoms with Crippen LogP contribution in [0.4, 0.5) is 0 Å².